The minimum Gasteiger partial charge on any atom is -0.477 e. The molecule has 1 aliphatic carbocycles. The number of nitrogens with zero attached hydrogens (tertiary/aromatic N) is 4. The number of piperidine rings is 1. The molecular weight excluding hydrogens is 456 g/mol. The van der Waals surface area contributed by atoms with Gasteiger partial charge >= 0.3 is 5.97 Å². The van der Waals surface area contributed by atoms with Gasteiger partial charge in [-0.3, -0.25) is 4.79 Å². The molecule has 2 atom stereocenters. The van der Waals surface area contributed by atoms with Crippen molar-refractivity contribution in [2.24, 2.45) is 11.8 Å². The van der Waals surface area contributed by atoms with Crippen molar-refractivity contribution in [1.82, 2.24) is 9.55 Å². The summed E-state index contributed by atoms with van der Waals surface area (Å²) < 4.78 is 7.87. The zero-order valence-electron chi connectivity index (χ0n) is 19.8. The molecule has 0 amide bonds. The molecule has 4 aromatic rings. The minimum atomic E-state index is -1.25. The Labute approximate surface area is 207 Å². The summed E-state index contributed by atoms with van der Waals surface area (Å²) in [6.07, 6.45) is 5.10. The van der Waals surface area contributed by atoms with Crippen LogP contribution in [0.4, 0.5) is 11.7 Å². The van der Waals surface area contributed by atoms with Crippen molar-refractivity contribution in [1.29, 1.82) is 0 Å². The van der Waals surface area contributed by atoms with Crippen molar-refractivity contribution in [2.75, 3.05) is 36.0 Å². The number of benzene rings is 2. The van der Waals surface area contributed by atoms with Gasteiger partial charge in [0.1, 0.15) is 11.1 Å². The molecular formula is C28H26N4O4. The predicted octanol–water partition coefficient (Wildman–Crippen LogP) is 4.40. The fourth-order valence-electron chi connectivity index (χ4n) is 5.69. The minimum absolute atomic E-state index is 0.276. The highest BCUT2D eigenvalue weighted by molar-refractivity contribution is 5.88. The number of hydrogen-bond donors (Lipinski definition) is 1. The number of rotatable bonds is 5. The van der Waals surface area contributed by atoms with Crippen LogP contribution in [0.2, 0.25) is 0 Å². The van der Waals surface area contributed by atoms with Crippen LogP contribution in [0, 0.1) is 11.8 Å². The highest BCUT2D eigenvalue weighted by atomic mass is 16.4. The van der Waals surface area contributed by atoms with Gasteiger partial charge in [-0.2, -0.15) is 4.98 Å². The van der Waals surface area contributed by atoms with Gasteiger partial charge in [0.05, 0.1) is 5.69 Å². The standard InChI is InChI=1S/C28H26N4O4/c33-25-13-24(17-3-5-20(6-4-17)30-9-1-2-10-30)32(16-22(25)27(34)35)21-7-8-23-26(12-21)36-28(29-23)31-14-18-11-19(18)15-31/h3-8,12-13,16,18-19H,1-2,9-11,14-15H2,(H,34,35). The molecule has 2 saturated heterocycles. The second kappa shape index (κ2) is 7.98. The molecule has 7 rings (SSSR count). The smallest absolute Gasteiger partial charge is 0.341 e. The first-order valence-corrected chi connectivity index (χ1v) is 12.5. The van der Waals surface area contributed by atoms with E-state index in [-0.39, 0.29) is 5.56 Å². The lowest BCUT2D eigenvalue weighted by molar-refractivity contribution is 0.0695. The van der Waals surface area contributed by atoms with Gasteiger partial charge in [0.15, 0.2) is 11.0 Å². The summed E-state index contributed by atoms with van der Waals surface area (Å²) in [7, 11) is 0. The van der Waals surface area contributed by atoms with E-state index in [1.807, 2.05) is 30.3 Å². The number of hydrogen-bond acceptors (Lipinski definition) is 6. The van der Waals surface area contributed by atoms with Crippen LogP contribution in [0.5, 0.6) is 0 Å². The summed E-state index contributed by atoms with van der Waals surface area (Å²) in [6.45, 7) is 4.08. The molecule has 0 spiro atoms. The van der Waals surface area contributed by atoms with Crippen LogP contribution in [0.3, 0.4) is 0 Å². The summed E-state index contributed by atoms with van der Waals surface area (Å²) in [6, 6.07) is 15.8. The zero-order chi connectivity index (χ0) is 24.4. The number of carboxylic acids is 1. The molecule has 0 bridgehead atoms. The predicted molar refractivity (Wildman–Crippen MR) is 137 cm³/mol. The van der Waals surface area contributed by atoms with E-state index in [9.17, 15) is 14.7 Å². The third-order valence-electron chi connectivity index (χ3n) is 7.80. The van der Waals surface area contributed by atoms with E-state index in [4.69, 9.17) is 4.42 Å². The number of oxazole rings is 1. The zero-order valence-corrected chi connectivity index (χ0v) is 19.8. The van der Waals surface area contributed by atoms with E-state index in [1.165, 1.54) is 31.5 Å². The number of carboxylic acid groups (broad SMARTS) is 1. The number of carbonyl (C=O) groups is 1. The third-order valence-corrected chi connectivity index (χ3v) is 7.80. The number of fused-ring (bicyclic) bond motifs is 2. The van der Waals surface area contributed by atoms with E-state index >= 15 is 0 Å². The lowest BCUT2D eigenvalue weighted by atomic mass is 10.1. The highest BCUT2D eigenvalue weighted by Gasteiger charge is 2.46. The van der Waals surface area contributed by atoms with Crippen molar-refractivity contribution in [3.63, 3.8) is 0 Å². The maximum absolute atomic E-state index is 12.7. The first-order chi connectivity index (χ1) is 17.5. The van der Waals surface area contributed by atoms with Gasteiger partial charge < -0.3 is 23.9 Å². The van der Waals surface area contributed by atoms with Crippen LogP contribution in [-0.4, -0.2) is 46.8 Å². The Bertz CT molecular complexity index is 1540. The Morgan fingerprint density at radius 3 is 2.39 bits per heavy atom. The largest absolute Gasteiger partial charge is 0.477 e. The molecule has 3 fully saturated rings. The Hall–Kier alpha value is -4.07. The summed E-state index contributed by atoms with van der Waals surface area (Å²) in [5.74, 6) is 0.288. The second-order valence-corrected chi connectivity index (χ2v) is 10.2. The average molecular weight is 483 g/mol. The molecule has 182 valence electrons. The van der Waals surface area contributed by atoms with Gasteiger partial charge in [-0.15, -0.1) is 0 Å². The monoisotopic (exact) mass is 482 g/mol. The quantitative estimate of drug-likeness (QED) is 0.451. The van der Waals surface area contributed by atoms with Crippen molar-refractivity contribution >= 4 is 28.8 Å². The van der Waals surface area contributed by atoms with Crippen LogP contribution in [-0.2, 0) is 0 Å². The first-order valence-electron chi connectivity index (χ1n) is 12.5. The topological polar surface area (TPSA) is 91.8 Å². The van der Waals surface area contributed by atoms with Crippen molar-refractivity contribution < 1.29 is 14.3 Å². The first kappa shape index (κ1) is 21.2. The van der Waals surface area contributed by atoms with Crippen LogP contribution in [0.15, 0.2) is 63.9 Å². The molecule has 8 nitrogen and oxygen atoms in total. The van der Waals surface area contributed by atoms with E-state index in [0.717, 1.165) is 54.8 Å². The summed E-state index contributed by atoms with van der Waals surface area (Å²) in [5.41, 5.74) is 3.91. The molecule has 4 heterocycles. The molecule has 0 radical (unpaired) electrons. The van der Waals surface area contributed by atoms with Gasteiger partial charge in [-0.25, -0.2) is 4.79 Å². The lowest BCUT2D eigenvalue weighted by Crippen LogP contribution is -2.21. The lowest BCUT2D eigenvalue weighted by Gasteiger charge is -2.19. The number of anilines is 2. The number of aromatic nitrogens is 2. The molecule has 2 unspecified atom stereocenters. The van der Waals surface area contributed by atoms with E-state index in [0.29, 0.717) is 23.0 Å². The molecule has 3 aliphatic rings. The summed E-state index contributed by atoms with van der Waals surface area (Å²) in [4.78, 5) is 33.7. The van der Waals surface area contributed by atoms with E-state index < -0.39 is 11.4 Å². The van der Waals surface area contributed by atoms with Crippen LogP contribution < -0.4 is 15.2 Å². The van der Waals surface area contributed by atoms with E-state index in [1.54, 1.807) is 4.57 Å². The van der Waals surface area contributed by atoms with Crippen molar-refractivity contribution in [3.8, 4) is 16.9 Å². The third kappa shape index (κ3) is 3.56. The van der Waals surface area contributed by atoms with E-state index in [2.05, 4.69) is 26.9 Å². The maximum atomic E-state index is 12.7. The van der Waals surface area contributed by atoms with Gasteiger partial charge in [0.2, 0.25) is 0 Å². The van der Waals surface area contributed by atoms with Gasteiger partial charge in [0, 0.05) is 55.9 Å². The summed E-state index contributed by atoms with van der Waals surface area (Å²) in [5, 5.41) is 9.62. The highest BCUT2D eigenvalue weighted by Crippen LogP contribution is 2.46. The summed E-state index contributed by atoms with van der Waals surface area (Å²) >= 11 is 0. The fraction of sp³-hybridized carbons (Fsp3) is 0.321. The average Bonchev–Trinajstić information content (AvgIpc) is 3.32. The van der Waals surface area contributed by atoms with Crippen molar-refractivity contribution in [2.45, 2.75) is 19.3 Å². The molecule has 2 aromatic heterocycles. The Morgan fingerprint density at radius 1 is 0.944 bits per heavy atom. The molecule has 2 aliphatic heterocycles. The Kier molecular flexibility index (Phi) is 4.71. The fourth-order valence-corrected chi connectivity index (χ4v) is 5.69. The molecule has 1 saturated carbocycles. The molecule has 1 N–H and O–H groups in total. The SMILES string of the molecule is O=C(O)c1cn(-c2ccc3nc(N4CC5CC5C4)oc3c2)c(-c2ccc(N3CCCC3)cc2)cc1=O. The molecule has 36 heavy (non-hydrogen) atoms. The number of aromatic carboxylic acids is 1. The van der Waals surface area contributed by atoms with Gasteiger partial charge in [-0.1, -0.05) is 12.1 Å². The van der Waals surface area contributed by atoms with Crippen LogP contribution >= 0.6 is 0 Å². The second-order valence-electron chi connectivity index (χ2n) is 10.2. The van der Waals surface area contributed by atoms with Crippen LogP contribution in [0.1, 0.15) is 29.6 Å². The maximum Gasteiger partial charge on any atom is 0.341 e. The number of pyridine rings is 1. The van der Waals surface area contributed by atoms with Crippen LogP contribution in [0.25, 0.3) is 28.0 Å². The normalized spacial score (nSPS) is 20.8. The van der Waals surface area contributed by atoms with Gasteiger partial charge in [-0.05, 0) is 60.9 Å². The van der Waals surface area contributed by atoms with Gasteiger partial charge in [0.25, 0.3) is 6.01 Å². The molecule has 2 aromatic carbocycles. The van der Waals surface area contributed by atoms with Crippen molar-refractivity contribution in [3.05, 3.63) is 70.5 Å². The Morgan fingerprint density at radius 2 is 1.67 bits per heavy atom. The molecule has 8 heteroatoms. The Balaban J connectivity index is 1.30.